The number of ether oxygens (including phenoxy) is 1. The Labute approximate surface area is 145 Å². The first-order valence-electron chi connectivity index (χ1n) is 7.07. The van der Waals surface area contributed by atoms with Crippen molar-refractivity contribution in [2.24, 2.45) is 0 Å². The molecule has 1 aromatic rings. The Morgan fingerprint density at radius 3 is 2.24 bits per heavy atom. The highest BCUT2D eigenvalue weighted by Gasteiger charge is 2.22. The van der Waals surface area contributed by atoms with Gasteiger partial charge in [-0.2, -0.15) is 0 Å². The summed E-state index contributed by atoms with van der Waals surface area (Å²) in [5.74, 6) is -3.20. The molecule has 1 rings (SSSR count). The van der Waals surface area contributed by atoms with Gasteiger partial charge in [-0.05, 0) is 12.0 Å². The molecule has 9 nitrogen and oxygen atoms in total. The maximum atomic E-state index is 11.8. The normalized spacial score (nSPS) is 10.7. The van der Waals surface area contributed by atoms with Crippen LogP contribution in [0.2, 0.25) is 0 Å². The number of carbonyl (C=O) groups excluding carboxylic acids is 2. The summed E-state index contributed by atoms with van der Waals surface area (Å²) in [6.07, 6.45) is -1.47. The number of hydrogen-bond donors (Lipinski definition) is 4. The lowest BCUT2D eigenvalue weighted by atomic mass is 10.1. The molecular formula is C16H22N2O7. The van der Waals surface area contributed by atoms with Gasteiger partial charge in [-0.15, -0.1) is 0 Å². The minimum absolute atomic E-state index is 0. The van der Waals surface area contributed by atoms with Gasteiger partial charge in [-0.3, -0.25) is 14.4 Å². The number of nitrogens with one attached hydrogen (secondary N) is 2. The summed E-state index contributed by atoms with van der Waals surface area (Å²) < 4.78 is 4.95. The van der Waals surface area contributed by atoms with Crippen LogP contribution in [0.25, 0.3) is 0 Å². The summed E-state index contributed by atoms with van der Waals surface area (Å²) in [4.78, 5) is 44.6. The van der Waals surface area contributed by atoms with Gasteiger partial charge in [-0.25, -0.2) is 4.79 Å². The van der Waals surface area contributed by atoms with Gasteiger partial charge < -0.3 is 25.6 Å². The van der Waals surface area contributed by atoms with Crippen LogP contribution in [0.3, 0.4) is 0 Å². The highest BCUT2D eigenvalue weighted by atomic mass is 16.5. The molecule has 25 heavy (non-hydrogen) atoms. The maximum Gasteiger partial charge on any atom is 0.408 e. The number of carboxylic acids is 2. The van der Waals surface area contributed by atoms with Crippen molar-refractivity contribution in [3.05, 3.63) is 35.9 Å². The zero-order valence-corrected chi connectivity index (χ0v) is 12.7. The molecule has 0 heterocycles. The topological polar surface area (TPSA) is 142 Å². The Kier molecular flexibility index (Phi) is 10.0. The molecule has 0 bridgehead atoms. The van der Waals surface area contributed by atoms with Crippen molar-refractivity contribution in [3.63, 3.8) is 0 Å². The molecule has 0 aliphatic carbocycles. The summed E-state index contributed by atoms with van der Waals surface area (Å²) in [5.41, 5.74) is 0.741. The average molecular weight is 354 g/mol. The third-order valence-electron chi connectivity index (χ3n) is 2.88. The van der Waals surface area contributed by atoms with Crippen molar-refractivity contribution < 1.29 is 34.1 Å². The Balaban J connectivity index is 0.00000576. The van der Waals surface area contributed by atoms with E-state index in [4.69, 9.17) is 14.9 Å². The van der Waals surface area contributed by atoms with E-state index in [1.165, 1.54) is 0 Å². The van der Waals surface area contributed by atoms with Crippen LogP contribution < -0.4 is 10.6 Å². The van der Waals surface area contributed by atoms with Gasteiger partial charge >= 0.3 is 18.0 Å². The lowest BCUT2D eigenvalue weighted by molar-refractivity contribution is -0.139. The number of rotatable bonds is 9. The fourth-order valence-electron chi connectivity index (χ4n) is 1.73. The largest absolute Gasteiger partial charge is 0.481 e. The van der Waals surface area contributed by atoms with Crippen molar-refractivity contribution >= 4 is 23.9 Å². The number of carboxylic acid groups (broad SMARTS) is 2. The standard InChI is InChI=1S/C15H18N2O7.CH4/c18-12(19)7-6-11(14(22)16-8-13(20)21)17-15(23)24-9-10-4-2-1-3-5-10;/h1-5,11H,6-9H2,(H,16,22)(H,17,23)(H,18,19)(H,20,21);1H4/t11-;/m0./s1. The molecule has 138 valence electrons. The van der Waals surface area contributed by atoms with E-state index in [-0.39, 0.29) is 26.9 Å². The van der Waals surface area contributed by atoms with Crippen molar-refractivity contribution in [1.29, 1.82) is 0 Å². The van der Waals surface area contributed by atoms with E-state index in [0.717, 1.165) is 5.56 Å². The molecule has 0 aromatic heterocycles. The second-order valence-corrected chi connectivity index (χ2v) is 4.80. The highest BCUT2D eigenvalue weighted by Crippen LogP contribution is 2.03. The Morgan fingerprint density at radius 2 is 1.68 bits per heavy atom. The predicted octanol–water partition coefficient (Wildman–Crippen LogP) is 0.983. The van der Waals surface area contributed by atoms with Gasteiger partial charge in [0.15, 0.2) is 0 Å². The van der Waals surface area contributed by atoms with Gasteiger partial charge in [0.1, 0.15) is 19.2 Å². The van der Waals surface area contributed by atoms with Gasteiger partial charge in [0.25, 0.3) is 0 Å². The minimum Gasteiger partial charge on any atom is -0.481 e. The SMILES string of the molecule is C.O=C(O)CC[C@H](NC(=O)OCc1ccccc1)C(=O)NCC(=O)O. The van der Waals surface area contributed by atoms with E-state index in [9.17, 15) is 19.2 Å². The van der Waals surface area contributed by atoms with E-state index < -0.39 is 36.5 Å². The first kappa shape index (κ1) is 21.9. The number of carbonyl (C=O) groups is 4. The van der Waals surface area contributed by atoms with Crippen LogP contribution in [0.4, 0.5) is 4.79 Å². The van der Waals surface area contributed by atoms with Crippen LogP contribution in [0.5, 0.6) is 0 Å². The Bertz CT molecular complexity index is 589. The van der Waals surface area contributed by atoms with Crippen molar-refractivity contribution in [2.45, 2.75) is 32.9 Å². The molecule has 0 unspecified atom stereocenters. The van der Waals surface area contributed by atoms with Crippen molar-refractivity contribution in [3.8, 4) is 0 Å². The second-order valence-electron chi connectivity index (χ2n) is 4.80. The number of alkyl carbamates (subject to hydrolysis) is 1. The van der Waals surface area contributed by atoms with E-state index >= 15 is 0 Å². The van der Waals surface area contributed by atoms with Gasteiger partial charge in [0, 0.05) is 6.42 Å². The van der Waals surface area contributed by atoms with Crippen molar-refractivity contribution in [1.82, 2.24) is 10.6 Å². The molecule has 2 amide bonds. The zero-order chi connectivity index (χ0) is 17.9. The van der Waals surface area contributed by atoms with E-state index in [1.54, 1.807) is 30.3 Å². The zero-order valence-electron chi connectivity index (χ0n) is 12.7. The third-order valence-corrected chi connectivity index (χ3v) is 2.88. The highest BCUT2D eigenvalue weighted by molar-refractivity contribution is 5.88. The number of aliphatic carboxylic acids is 2. The fraction of sp³-hybridized carbons (Fsp3) is 0.375. The Morgan fingerprint density at radius 1 is 1.04 bits per heavy atom. The molecule has 1 aromatic carbocycles. The second kappa shape index (κ2) is 11.4. The first-order chi connectivity index (χ1) is 11.4. The van der Waals surface area contributed by atoms with Crippen LogP contribution in [0.15, 0.2) is 30.3 Å². The van der Waals surface area contributed by atoms with E-state index in [1.807, 2.05) is 0 Å². The molecule has 0 aliphatic heterocycles. The van der Waals surface area contributed by atoms with Crippen molar-refractivity contribution in [2.75, 3.05) is 6.54 Å². The quantitative estimate of drug-likeness (QED) is 0.518. The molecule has 9 heteroatoms. The van der Waals surface area contributed by atoms with Crippen LogP contribution in [-0.4, -0.2) is 46.7 Å². The van der Waals surface area contributed by atoms with Crippen LogP contribution in [0, 0.1) is 0 Å². The monoisotopic (exact) mass is 354 g/mol. The van der Waals surface area contributed by atoms with Gasteiger partial charge in [0.2, 0.25) is 5.91 Å². The predicted molar refractivity (Wildman–Crippen MR) is 87.8 cm³/mol. The van der Waals surface area contributed by atoms with Gasteiger partial charge in [-0.1, -0.05) is 37.8 Å². The van der Waals surface area contributed by atoms with Crippen LogP contribution in [-0.2, 0) is 25.7 Å². The smallest absolute Gasteiger partial charge is 0.408 e. The molecule has 0 radical (unpaired) electrons. The number of amides is 2. The third kappa shape index (κ3) is 9.59. The van der Waals surface area contributed by atoms with E-state index in [2.05, 4.69) is 10.6 Å². The summed E-state index contributed by atoms with van der Waals surface area (Å²) in [6, 6.07) is 7.63. The molecular weight excluding hydrogens is 332 g/mol. The molecule has 0 saturated heterocycles. The molecule has 1 atom stereocenters. The summed E-state index contributed by atoms with van der Waals surface area (Å²) in [5, 5.41) is 21.5. The first-order valence-corrected chi connectivity index (χ1v) is 7.07. The molecule has 0 fully saturated rings. The van der Waals surface area contributed by atoms with Gasteiger partial charge in [0.05, 0.1) is 0 Å². The summed E-state index contributed by atoms with van der Waals surface area (Å²) in [7, 11) is 0. The fourth-order valence-corrected chi connectivity index (χ4v) is 1.73. The van der Waals surface area contributed by atoms with Crippen LogP contribution >= 0.6 is 0 Å². The lowest BCUT2D eigenvalue weighted by Crippen LogP contribution is -2.48. The molecule has 4 N–H and O–H groups in total. The minimum atomic E-state index is -1.26. The average Bonchev–Trinajstić information content (AvgIpc) is 2.55. The molecule has 0 spiro atoms. The summed E-state index contributed by atoms with van der Waals surface area (Å²) in [6.45, 7) is -0.655. The van der Waals surface area contributed by atoms with E-state index in [0.29, 0.717) is 0 Å². The number of benzene rings is 1. The Hall–Kier alpha value is -3.10. The molecule has 0 aliphatic rings. The summed E-state index contributed by atoms with van der Waals surface area (Å²) >= 11 is 0. The molecule has 0 saturated carbocycles. The number of hydrogen-bond acceptors (Lipinski definition) is 5. The van der Waals surface area contributed by atoms with Crippen LogP contribution in [0.1, 0.15) is 25.8 Å². The maximum absolute atomic E-state index is 11.8. The lowest BCUT2D eigenvalue weighted by Gasteiger charge is -2.17.